The zero-order chi connectivity index (χ0) is 22.1. The van der Waals surface area contributed by atoms with Gasteiger partial charge in [-0.25, -0.2) is 4.98 Å². The highest BCUT2D eigenvalue weighted by molar-refractivity contribution is 6.42. The van der Waals surface area contributed by atoms with Gasteiger partial charge in [0.25, 0.3) is 0 Å². The van der Waals surface area contributed by atoms with E-state index in [-0.39, 0.29) is 11.8 Å². The van der Waals surface area contributed by atoms with Gasteiger partial charge in [0.05, 0.1) is 21.1 Å². The van der Waals surface area contributed by atoms with E-state index in [1.165, 1.54) is 12.8 Å². The number of piperidine rings is 1. The molecular formula is C24H32Cl2N4O2. The van der Waals surface area contributed by atoms with E-state index in [2.05, 4.69) is 14.8 Å². The topological polar surface area (TPSA) is 59.4 Å². The van der Waals surface area contributed by atoms with E-state index in [1.807, 2.05) is 12.1 Å². The van der Waals surface area contributed by atoms with Gasteiger partial charge in [-0.05, 0) is 56.6 Å². The highest BCUT2D eigenvalue weighted by atomic mass is 35.5. The summed E-state index contributed by atoms with van der Waals surface area (Å²) in [7, 11) is 0. The molecule has 2 saturated heterocycles. The number of hydrogen-bond acceptors (Lipinski definition) is 4. The molecule has 0 atom stereocenters. The maximum Gasteiger partial charge on any atom is 0.223 e. The van der Waals surface area contributed by atoms with E-state index in [9.17, 15) is 4.79 Å². The number of anilines is 1. The molecule has 6 nitrogen and oxygen atoms in total. The Morgan fingerprint density at radius 3 is 2.44 bits per heavy atom. The fourth-order valence-electron chi connectivity index (χ4n) is 5.45. The van der Waals surface area contributed by atoms with Gasteiger partial charge < -0.3 is 19.5 Å². The van der Waals surface area contributed by atoms with Crippen LogP contribution in [0.15, 0.2) is 12.1 Å². The van der Waals surface area contributed by atoms with Crippen LogP contribution in [0.1, 0.15) is 51.4 Å². The Morgan fingerprint density at radius 2 is 1.72 bits per heavy atom. The van der Waals surface area contributed by atoms with Crippen LogP contribution in [-0.4, -0.2) is 47.8 Å². The normalized spacial score (nSPS) is 21.5. The molecule has 0 spiro atoms. The third-order valence-corrected chi connectivity index (χ3v) is 8.12. The van der Waals surface area contributed by atoms with Crippen molar-refractivity contribution in [2.75, 3.05) is 31.2 Å². The molecule has 1 N–H and O–H groups in total. The van der Waals surface area contributed by atoms with Gasteiger partial charge in [0, 0.05) is 44.8 Å². The number of rotatable bonds is 5. The van der Waals surface area contributed by atoms with Crippen LogP contribution in [0.4, 0.5) is 5.95 Å². The molecule has 32 heavy (non-hydrogen) atoms. The summed E-state index contributed by atoms with van der Waals surface area (Å²) in [5.74, 6) is 1.87. The smallest absolute Gasteiger partial charge is 0.223 e. The largest absolute Gasteiger partial charge is 0.381 e. The predicted octanol–water partition coefficient (Wildman–Crippen LogP) is 5.04. The number of benzene rings is 1. The molecule has 3 aliphatic rings. The molecule has 1 saturated carbocycles. The molecule has 0 radical (unpaired) electrons. The van der Waals surface area contributed by atoms with Crippen LogP contribution in [0.3, 0.4) is 0 Å². The first-order chi connectivity index (χ1) is 15.6. The van der Waals surface area contributed by atoms with Gasteiger partial charge in [-0.15, -0.1) is 0 Å². The first kappa shape index (κ1) is 22.3. The third kappa shape index (κ3) is 4.73. The summed E-state index contributed by atoms with van der Waals surface area (Å²) >= 11 is 12.7. The number of amides is 1. The number of halogens is 2. The van der Waals surface area contributed by atoms with Crippen molar-refractivity contribution in [3.8, 4) is 0 Å². The minimum absolute atomic E-state index is 0.101. The van der Waals surface area contributed by atoms with Gasteiger partial charge in [0.1, 0.15) is 0 Å². The number of imidazole rings is 1. The van der Waals surface area contributed by atoms with Crippen molar-refractivity contribution in [2.45, 2.75) is 64.0 Å². The lowest BCUT2D eigenvalue weighted by molar-refractivity contribution is -0.126. The summed E-state index contributed by atoms with van der Waals surface area (Å²) in [6.07, 6.45) is 8.58. The summed E-state index contributed by atoms with van der Waals surface area (Å²) in [5, 5.41) is 4.37. The molecule has 3 fully saturated rings. The molecule has 2 aliphatic heterocycles. The number of carbonyl (C=O) groups excluding carboxylic acids is 1. The molecule has 8 heteroatoms. The van der Waals surface area contributed by atoms with Crippen molar-refractivity contribution >= 4 is 46.1 Å². The van der Waals surface area contributed by atoms with Crippen molar-refractivity contribution in [1.82, 2.24) is 14.9 Å². The number of hydrogen-bond donors (Lipinski definition) is 1. The van der Waals surface area contributed by atoms with E-state index in [1.54, 1.807) is 0 Å². The van der Waals surface area contributed by atoms with Gasteiger partial charge in [-0.3, -0.25) is 4.79 Å². The first-order valence-corrected chi connectivity index (χ1v) is 12.8. The molecule has 2 aromatic rings. The molecule has 1 aliphatic carbocycles. The molecule has 0 bridgehead atoms. The van der Waals surface area contributed by atoms with Gasteiger partial charge in [0.2, 0.25) is 11.9 Å². The third-order valence-electron chi connectivity index (χ3n) is 7.40. The molecular weight excluding hydrogens is 447 g/mol. The highest BCUT2D eigenvalue weighted by Gasteiger charge is 2.30. The maximum atomic E-state index is 12.8. The van der Waals surface area contributed by atoms with Gasteiger partial charge in [-0.2, -0.15) is 0 Å². The van der Waals surface area contributed by atoms with Crippen molar-refractivity contribution in [1.29, 1.82) is 0 Å². The Labute approximate surface area is 199 Å². The second kappa shape index (κ2) is 9.78. The summed E-state index contributed by atoms with van der Waals surface area (Å²) in [6, 6.07) is 4.20. The lowest BCUT2D eigenvalue weighted by Gasteiger charge is -2.33. The van der Waals surface area contributed by atoms with Crippen molar-refractivity contribution in [2.24, 2.45) is 11.8 Å². The number of aromatic nitrogens is 2. The van der Waals surface area contributed by atoms with E-state index < -0.39 is 0 Å². The van der Waals surface area contributed by atoms with E-state index >= 15 is 0 Å². The minimum Gasteiger partial charge on any atom is -0.381 e. The first-order valence-electron chi connectivity index (χ1n) is 12.1. The van der Waals surface area contributed by atoms with Gasteiger partial charge in [0.15, 0.2) is 0 Å². The Hall–Kier alpha value is -1.50. The van der Waals surface area contributed by atoms with Crippen LogP contribution >= 0.6 is 23.2 Å². The lowest BCUT2D eigenvalue weighted by Crippen LogP contribution is -2.44. The Morgan fingerprint density at radius 1 is 1.03 bits per heavy atom. The van der Waals surface area contributed by atoms with Crippen LogP contribution in [0, 0.1) is 11.8 Å². The van der Waals surface area contributed by atoms with Crippen LogP contribution < -0.4 is 10.2 Å². The van der Waals surface area contributed by atoms with E-state index in [0.717, 1.165) is 88.4 Å². The summed E-state index contributed by atoms with van der Waals surface area (Å²) in [6.45, 7) is 4.21. The summed E-state index contributed by atoms with van der Waals surface area (Å²) in [4.78, 5) is 20.1. The molecule has 174 valence electrons. The van der Waals surface area contributed by atoms with Crippen LogP contribution in [-0.2, 0) is 16.1 Å². The monoisotopic (exact) mass is 478 g/mol. The average molecular weight is 479 g/mol. The average Bonchev–Trinajstić information content (AvgIpc) is 3.43. The Balaban J connectivity index is 1.33. The summed E-state index contributed by atoms with van der Waals surface area (Å²) in [5.41, 5.74) is 1.91. The Bertz CT molecular complexity index is 959. The zero-order valence-electron chi connectivity index (χ0n) is 18.5. The number of nitrogens with one attached hydrogen (secondary N) is 1. The van der Waals surface area contributed by atoms with Gasteiger partial charge in [-0.1, -0.05) is 36.0 Å². The van der Waals surface area contributed by atoms with Crippen molar-refractivity contribution < 1.29 is 9.53 Å². The second-order valence-corrected chi connectivity index (χ2v) is 10.4. The number of nitrogens with zero attached hydrogens (tertiary/aromatic N) is 3. The fraction of sp³-hybridized carbons (Fsp3) is 0.667. The quantitative estimate of drug-likeness (QED) is 0.653. The van der Waals surface area contributed by atoms with Crippen LogP contribution in [0.2, 0.25) is 10.0 Å². The van der Waals surface area contributed by atoms with Crippen molar-refractivity contribution in [3.63, 3.8) is 0 Å². The summed E-state index contributed by atoms with van der Waals surface area (Å²) < 4.78 is 7.87. The van der Waals surface area contributed by atoms with Gasteiger partial charge >= 0.3 is 0 Å². The van der Waals surface area contributed by atoms with Crippen LogP contribution in [0.25, 0.3) is 11.0 Å². The minimum atomic E-state index is 0.101. The highest BCUT2D eigenvalue weighted by Crippen LogP contribution is 2.34. The molecule has 1 aromatic heterocycles. The predicted molar refractivity (Wildman–Crippen MR) is 129 cm³/mol. The number of carbonyl (C=O) groups is 1. The standard InChI is InChI=1S/C24H32Cl2N4O2/c25-19-13-21-22(14-20(19)26)30(15-16-7-11-32-12-8-16)24(28-21)29-9-5-17(6-10-29)23(31)27-18-3-1-2-4-18/h13-14,16-18H,1-12,15H2,(H,27,31). The molecule has 1 aromatic carbocycles. The zero-order valence-corrected chi connectivity index (χ0v) is 20.0. The van der Waals surface area contributed by atoms with Crippen molar-refractivity contribution in [3.05, 3.63) is 22.2 Å². The fourth-order valence-corrected chi connectivity index (χ4v) is 5.76. The SMILES string of the molecule is O=C(NC1CCCC1)C1CCN(c2nc3cc(Cl)c(Cl)cc3n2CC2CCOCC2)CC1. The lowest BCUT2D eigenvalue weighted by atomic mass is 9.95. The molecule has 1 amide bonds. The van der Waals surface area contributed by atoms with E-state index in [0.29, 0.717) is 22.0 Å². The number of fused-ring (bicyclic) bond motifs is 1. The Kier molecular flexibility index (Phi) is 6.81. The molecule has 3 heterocycles. The maximum absolute atomic E-state index is 12.8. The second-order valence-electron chi connectivity index (χ2n) is 9.58. The van der Waals surface area contributed by atoms with Crippen LogP contribution in [0.5, 0.6) is 0 Å². The molecule has 0 unspecified atom stereocenters. The molecule has 5 rings (SSSR count). The number of ether oxygens (including phenoxy) is 1. The van der Waals surface area contributed by atoms with E-state index in [4.69, 9.17) is 32.9 Å².